The highest BCUT2D eigenvalue weighted by Crippen LogP contribution is 2.18. The molecule has 0 fully saturated rings. The molecule has 2 aromatic heterocycles. The van der Waals surface area contributed by atoms with E-state index in [-0.39, 0.29) is 0 Å². The molecule has 3 nitrogen and oxygen atoms in total. The third kappa shape index (κ3) is 2.33. The van der Waals surface area contributed by atoms with E-state index in [2.05, 4.69) is 16.4 Å². The van der Waals surface area contributed by atoms with Crippen LogP contribution in [0.5, 0.6) is 0 Å². The fraction of sp³-hybridized carbons (Fsp3) is 0.0909. The van der Waals surface area contributed by atoms with Crippen molar-refractivity contribution in [2.24, 2.45) is 0 Å². The van der Waals surface area contributed by atoms with Crippen LogP contribution >= 0.6 is 11.3 Å². The maximum absolute atomic E-state index is 8.81. The first-order chi connectivity index (χ1) is 7.28. The molecule has 0 aliphatic carbocycles. The van der Waals surface area contributed by atoms with Crippen molar-refractivity contribution in [2.45, 2.75) is 6.92 Å². The lowest BCUT2D eigenvalue weighted by atomic mass is 10.2. The van der Waals surface area contributed by atoms with Gasteiger partial charge in [0.2, 0.25) is 0 Å². The summed E-state index contributed by atoms with van der Waals surface area (Å²) in [6, 6.07) is 7.59. The summed E-state index contributed by atoms with van der Waals surface area (Å²) in [6.45, 7) is 1.87. The molecule has 1 N–H and O–H groups in total. The Morgan fingerprint density at radius 2 is 2.33 bits per heavy atom. The van der Waals surface area contributed by atoms with Gasteiger partial charge in [0.15, 0.2) is 0 Å². The van der Waals surface area contributed by atoms with Crippen LogP contribution < -0.4 is 5.32 Å². The number of hydrogen-bond donors (Lipinski definition) is 1. The zero-order chi connectivity index (χ0) is 10.7. The monoisotopic (exact) mass is 215 g/mol. The number of nitrogens with one attached hydrogen (secondary N) is 1. The Kier molecular flexibility index (Phi) is 2.66. The van der Waals surface area contributed by atoms with Gasteiger partial charge in [-0.3, -0.25) is 0 Å². The molecule has 0 saturated heterocycles. The number of thiophene rings is 1. The smallest absolute Gasteiger partial charge is 0.131 e. The summed E-state index contributed by atoms with van der Waals surface area (Å²) >= 11 is 1.62. The Balaban J connectivity index is 2.29. The molecule has 2 aromatic rings. The van der Waals surface area contributed by atoms with Gasteiger partial charge in [0.1, 0.15) is 5.82 Å². The second-order valence-electron chi connectivity index (χ2n) is 3.13. The van der Waals surface area contributed by atoms with Gasteiger partial charge in [0.05, 0.1) is 17.3 Å². The predicted octanol–water partition coefficient (Wildman–Crippen LogP) is 3.07. The van der Waals surface area contributed by atoms with E-state index < -0.39 is 0 Å². The highest BCUT2D eigenvalue weighted by Gasteiger charge is 2.00. The maximum atomic E-state index is 8.81. The third-order valence-electron chi connectivity index (χ3n) is 1.88. The van der Waals surface area contributed by atoms with Crippen LogP contribution in [0.15, 0.2) is 29.0 Å². The quantitative estimate of drug-likeness (QED) is 0.837. The zero-order valence-electron chi connectivity index (χ0n) is 8.19. The molecule has 0 radical (unpaired) electrons. The van der Waals surface area contributed by atoms with E-state index in [9.17, 15) is 0 Å². The van der Waals surface area contributed by atoms with E-state index in [4.69, 9.17) is 5.26 Å². The molecule has 0 unspecified atom stereocenters. The van der Waals surface area contributed by atoms with Crippen LogP contribution in [-0.2, 0) is 0 Å². The first kappa shape index (κ1) is 9.69. The number of nitriles is 1. The average molecular weight is 215 g/mol. The predicted molar refractivity (Wildman–Crippen MR) is 61.3 cm³/mol. The molecule has 0 atom stereocenters. The second-order valence-corrected chi connectivity index (χ2v) is 3.91. The standard InChI is InChI=1S/C11H9N3S/c1-8-4-9(6-12)5-11(13-8)14-10-2-3-15-7-10/h2-5,7H,1H3,(H,13,14). The summed E-state index contributed by atoms with van der Waals surface area (Å²) in [5.74, 6) is 0.713. The van der Waals surface area contributed by atoms with Gasteiger partial charge < -0.3 is 5.32 Å². The minimum absolute atomic E-state index is 0.625. The highest BCUT2D eigenvalue weighted by molar-refractivity contribution is 7.08. The summed E-state index contributed by atoms with van der Waals surface area (Å²) < 4.78 is 0. The van der Waals surface area contributed by atoms with Crippen molar-refractivity contribution in [2.75, 3.05) is 5.32 Å². The molecular formula is C11H9N3S. The summed E-state index contributed by atoms with van der Waals surface area (Å²) in [6.07, 6.45) is 0. The average Bonchev–Trinajstić information content (AvgIpc) is 2.69. The summed E-state index contributed by atoms with van der Waals surface area (Å²) in [5, 5.41) is 15.9. The number of anilines is 2. The molecule has 2 heterocycles. The van der Waals surface area contributed by atoms with Gasteiger partial charge in [-0.15, -0.1) is 0 Å². The van der Waals surface area contributed by atoms with Crippen molar-refractivity contribution in [1.82, 2.24) is 4.98 Å². The van der Waals surface area contributed by atoms with Gasteiger partial charge in [-0.1, -0.05) is 0 Å². The van der Waals surface area contributed by atoms with Crippen molar-refractivity contribution < 1.29 is 0 Å². The summed E-state index contributed by atoms with van der Waals surface area (Å²) in [4.78, 5) is 4.30. The number of nitrogens with zero attached hydrogens (tertiary/aromatic N) is 2. The SMILES string of the molecule is Cc1cc(C#N)cc(Nc2ccsc2)n1. The molecule has 0 amide bonds. The van der Waals surface area contributed by atoms with Gasteiger partial charge in [-0.25, -0.2) is 4.98 Å². The van der Waals surface area contributed by atoms with Crippen LogP contribution in [0, 0.1) is 18.3 Å². The fourth-order valence-corrected chi connectivity index (χ4v) is 1.87. The normalized spacial score (nSPS) is 9.60. The van der Waals surface area contributed by atoms with Crippen LogP contribution in [0.3, 0.4) is 0 Å². The topological polar surface area (TPSA) is 48.7 Å². The lowest BCUT2D eigenvalue weighted by molar-refractivity contribution is 1.19. The number of hydrogen-bond acceptors (Lipinski definition) is 4. The minimum atomic E-state index is 0.625. The molecule has 0 spiro atoms. The first-order valence-electron chi connectivity index (χ1n) is 4.46. The molecule has 0 aliphatic heterocycles. The Bertz CT molecular complexity index is 497. The third-order valence-corrected chi connectivity index (χ3v) is 2.56. The fourth-order valence-electron chi connectivity index (χ4n) is 1.28. The van der Waals surface area contributed by atoms with Crippen molar-refractivity contribution in [3.63, 3.8) is 0 Å². The number of aryl methyl sites for hydroxylation is 1. The van der Waals surface area contributed by atoms with E-state index in [1.54, 1.807) is 23.5 Å². The summed E-state index contributed by atoms with van der Waals surface area (Å²) in [5.41, 5.74) is 2.47. The van der Waals surface area contributed by atoms with Crippen LogP contribution in [-0.4, -0.2) is 4.98 Å². The molecular weight excluding hydrogens is 206 g/mol. The molecule has 2 rings (SSSR count). The van der Waals surface area contributed by atoms with Crippen LogP contribution in [0.25, 0.3) is 0 Å². The van der Waals surface area contributed by atoms with Gasteiger partial charge in [-0.05, 0) is 30.5 Å². The van der Waals surface area contributed by atoms with Gasteiger partial charge in [0.25, 0.3) is 0 Å². The van der Waals surface area contributed by atoms with Gasteiger partial charge in [-0.2, -0.15) is 16.6 Å². The van der Waals surface area contributed by atoms with E-state index in [0.29, 0.717) is 11.4 Å². The second kappa shape index (κ2) is 4.11. The molecule has 4 heteroatoms. The summed E-state index contributed by atoms with van der Waals surface area (Å²) in [7, 11) is 0. The van der Waals surface area contributed by atoms with Crippen molar-refractivity contribution in [1.29, 1.82) is 5.26 Å². The van der Waals surface area contributed by atoms with Crippen molar-refractivity contribution in [3.8, 4) is 6.07 Å². The van der Waals surface area contributed by atoms with Crippen molar-refractivity contribution in [3.05, 3.63) is 40.2 Å². The molecule has 0 bridgehead atoms. The van der Waals surface area contributed by atoms with Crippen LogP contribution in [0.4, 0.5) is 11.5 Å². The molecule has 0 aliphatic rings. The number of rotatable bonds is 2. The largest absolute Gasteiger partial charge is 0.340 e. The number of pyridine rings is 1. The van der Waals surface area contributed by atoms with E-state index in [1.807, 2.05) is 23.8 Å². The zero-order valence-corrected chi connectivity index (χ0v) is 9.01. The minimum Gasteiger partial charge on any atom is -0.340 e. The highest BCUT2D eigenvalue weighted by atomic mass is 32.1. The molecule has 0 aromatic carbocycles. The molecule has 0 saturated carbocycles. The maximum Gasteiger partial charge on any atom is 0.131 e. The van der Waals surface area contributed by atoms with E-state index in [0.717, 1.165) is 11.4 Å². The van der Waals surface area contributed by atoms with Gasteiger partial charge >= 0.3 is 0 Å². The number of aromatic nitrogens is 1. The van der Waals surface area contributed by atoms with E-state index >= 15 is 0 Å². The van der Waals surface area contributed by atoms with E-state index in [1.165, 1.54) is 0 Å². The first-order valence-corrected chi connectivity index (χ1v) is 5.40. The molecule has 15 heavy (non-hydrogen) atoms. The lowest BCUT2D eigenvalue weighted by Gasteiger charge is -2.04. The van der Waals surface area contributed by atoms with Crippen LogP contribution in [0.1, 0.15) is 11.3 Å². The van der Waals surface area contributed by atoms with Crippen molar-refractivity contribution >= 4 is 22.8 Å². The Morgan fingerprint density at radius 3 is 3.00 bits per heavy atom. The Labute approximate surface area is 92.0 Å². The van der Waals surface area contributed by atoms with Gasteiger partial charge in [0, 0.05) is 11.1 Å². The molecule has 74 valence electrons. The van der Waals surface area contributed by atoms with Crippen LogP contribution in [0.2, 0.25) is 0 Å². The Morgan fingerprint density at radius 1 is 1.47 bits per heavy atom. The Hall–Kier alpha value is -1.86. The lowest BCUT2D eigenvalue weighted by Crippen LogP contribution is -1.94.